The smallest absolute Gasteiger partial charge is 0.161 e. The second-order valence-electron chi connectivity index (χ2n) is 8.56. The van der Waals surface area contributed by atoms with Gasteiger partial charge in [0.15, 0.2) is 11.6 Å². The number of Topliss-reactive ketones (excluding diaryl/α,β-unsaturated/α-hetero) is 1. The molecule has 0 aromatic rings. The Labute approximate surface area is 160 Å². The van der Waals surface area contributed by atoms with Crippen molar-refractivity contribution in [2.75, 3.05) is 13.2 Å². The predicted octanol–water partition coefficient (Wildman–Crippen LogP) is 1.64. The zero-order chi connectivity index (χ0) is 22.3. The number of aliphatic hydroxyl groups is 3. The summed E-state index contributed by atoms with van der Waals surface area (Å²) in [5.74, 6) is -4.84. The van der Waals surface area contributed by atoms with E-state index in [1.807, 2.05) is 0 Å². The highest BCUT2D eigenvalue weighted by molar-refractivity contribution is 5.91. The van der Waals surface area contributed by atoms with Gasteiger partial charge in [-0.1, -0.05) is 12.5 Å². The maximum atomic E-state index is 12.5. The van der Waals surface area contributed by atoms with Gasteiger partial charge in [0.05, 0.1) is 7.45 Å². The fraction of sp³-hybridized carbons (Fsp3) is 0.810. The minimum absolute atomic E-state index is 0.0592. The van der Waals surface area contributed by atoms with E-state index in [9.17, 15) is 26.3 Å². The summed E-state index contributed by atoms with van der Waals surface area (Å²) in [6.45, 7) is 0.207. The molecule has 3 N–H and O–H groups in total. The van der Waals surface area contributed by atoms with E-state index in [0.717, 1.165) is 0 Å². The average molecular weight is 366 g/mol. The minimum atomic E-state index is -2.93. The van der Waals surface area contributed by atoms with Crippen LogP contribution in [0.2, 0.25) is 0 Å². The molecule has 0 aromatic heterocycles. The molecular formula is C21H30O5. The molecule has 4 aliphatic rings. The molecule has 0 spiro atoms. The van der Waals surface area contributed by atoms with Crippen molar-refractivity contribution in [1.29, 1.82) is 0 Å². The molecule has 7 atom stereocenters. The fourth-order valence-electron chi connectivity index (χ4n) is 6.29. The van der Waals surface area contributed by atoms with Gasteiger partial charge in [0.1, 0.15) is 6.61 Å². The third kappa shape index (κ3) is 2.33. The van der Waals surface area contributed by atoms with Crippen molar-refractivity contribution in [3.63, 3.8) is 0 Å². The molecule has 0 amide bonds. The van der Waals surface area contributed by atoms with Gasteiger partial charge in [-0.2, -0.15) is 0 Å². The summed E-state index contributed by atoms with van der Waals surface area (Å²) in [7, 11) is 0. The van der Waals surface area contributed by atoms with Gasteiger partial charge in [0.25, 0.3) is 0 Å². The van der Waals surface area contributed by atoms with Crippen LogP contribution in [0.25, 0.3) is 0 Å². The molecule has 4 aliphatic carbocycles. The van der Waals surface area contributed by atoms with Gasteiger partial charge in [-0.3, -0.25) is 9.59 Å². The lowest BCUT2D eigenvalue weighted by molar-refractivity contribution is -0.158. The van der Waals surface area contributed by atoms with Gasteiger partial charge in [0, 0.05) is 28.5 Å². The summed E-state index contributed by atoms with van der Waals surface area (Å²) >= 11 is 0. The lowest BCUT2D eigenvalue weighted by Gasteiger charge is -2.60. The molecule has 5 nitrogen and oxygen atoms in total. The molecule has 4 rings (SSSR count). The average Bonchev–Trinajstić information content (AvgIpc) is 3.09. The Morgan fingerprint density at radius 2 is 2.12 bits per heavy atom. The Balaban J connectivity index is 1.96. The van der Waals surface area contributed by atoms with Crippen molar-refractivity contribution in [1.82, 2.24) is 0 Å². The molecule has 5 heteroatoms. The van der Waals surface area contributed by atoms with Gasteiger partial charge >= 0.3 is 0 Å². The van der Waals surface area contributed by atoms with Gasteiger partial charge in [-0.05, 0) is 67.7 Å². The van der Waals surface area contributed by atoms with Crippen LogP contribution in [0.4, 0.5) is 0 Å². The van der Waals surface area contributed by atoms with E-state index in [-0.39, 0.29) is 25.0 Å². The van der Waals surface area contributed by atoms with Crippen LogP contribution in [0, 0.1) is 34.5 Å². The second-order valence-corrected chi connectivity index (χ2v) is 8.56. The molecular weight excluding hydrogens is 332 g/mol. The van der Waals surface area contributed by atoms with Crippen LogP contribution in [0.5, 0.6) is 0 Å². The third-order valence-electron chi connectivity index (χ3n) is 7.55. The number of carbonyl (C=O) groups is 2. The van der Waals surface area contributed by atoms with E-state index < -0.39 is 65.9 Å². The molecule has 0 bridgehead atoms. The van der Waals surface area contributed by atoms with Crippen molar-refractivity contribution >= 4 is 11.6 Å². The molecule has 0 heterocycles. The van der Waals surface area contributed by atoms with Crippen molar-refractivity contribution in [3.05, 3.63) is 11.6 Å². The Kier molecular flexibility index (Phi) is 3.37. The Hall–Kier alpha value is -1.04. The van der Waals surface area contributed by atoms with Crippen molar-refractivity contribution in [2.45, 2.75) is 57.9 Å². The zero-order valence-corrected chi connectivity index (χ0v) is 15.1. The first-order valence-electron chi connectivity index (χ1n) is 11.6. The minimum Gasteiger partial charge on any atom is -0.396 e. The Morgan fingerprint density at radius 3 is 2.81 bits per heavy atom. The monoisotopic (exact) mass is 366 g/mol. The molecule has 1 unspecified atom stereocenters. The first-order chi connectivity index (χ1) is 13.9. The normalized spacial score (nSPS) is 57.5. The Bertz CT molecular complexity index is 826. The fourth-order valence-corrected chi connectivity index (χ4v) is 6.29. The van der Waals surface area contributed by atoms with Crippen molar-refractivity contribution in [3.8, 4) is 0 Å². The molecule has 0 aromatic carbocycles. The van der Waals surface area contributed by atoms with Crippen molar-refractivity contribution in [2.24, 2.45) is 34.5 Å². The molecule has 26 heavy (non-hydrogen) atoms. The molecule has 0 saturated heterocycles. The number of hydrogen-bond donors (Lipinski definition) is 3. The highest BCUT2D eigenvalue weighted by atomic mass is 16.3. The maximum absolute atomic E-state index is 12.5. The van der Waals surface area contributed by atoms with Crippen molar-refractivity contribution < 1.29 is 30.4 Å². The second kappa shape index (κ2) is 6.25. The molecule has 3 saturated carbocycles. The van der Waals surface area contributed by atoms with Crippen LogP contribution in [0.15, 0.2) is 11.6 Å². The first kappa shape index (κ1) is 14.0. The highest BCUT2D eigenvalue weighted by Gasteiger charge is 2.64. The summed E-state index contributed by atoms with van der Waals surface area (Å²) in [6, 6.07) is 0. The summed E-state index contributed by atoms with van der Waals surface area (Å²) < 4.78 is 36.2. The maximum Gasteiger partial charge on any atom is 0.161 e. The highest BCUT2D eigenvalue weighted by Crippen LogP contribution is 2.66. The number of allylic oxidation sites excluding steroid dienone is 1. The van der Waals surface area contributed by atoms with E-state index in [2.05, 4.69) is 0 Å². The Morgan fingerprint density at radius 1 is 1.35 bits per heavy atom. The van der Waals surface area contributed by atoms with Gasteiger partial charge in [-0.25, -0.2) is 0 Å². The van der Waals surface area contributed by atoms with Gasteiger partial charge in [0.2, 0.25) is 0 Å². The van der Waals surface area contributed by atoms with Crippen LogP contribution in [0.3, 0.4) is 0 Å². The largest absolute Gasteiger partial charge is 0.396 e. The SMILES string of the molecule is [2H]C1([2H])[C@]2(CO)[C@@H](C(=O)CO)CC[C@H]2[C@@H]2CCC3=CC(=O)CC[C@]3(C)C2([2H])[C@@]1([2H])O. The summed E-state index contributed by atoms with van der Waals surface area (Å²) in [5, 5.41) is 31.5. The standard InChI is InChI=1S/C21H30O5/c1-20-7-6-13(24)8-12(20)2-3-14-15-4-5-16(18(26)10-22)21(15,11-23)9-17(25)19(14)20/h8,14-17,19,22-23,25H,2-7,9-11H2,1H3/t14-,15-,16+,17-,19?,20-,21+/m0/s1/i9D2,17D,19D. The molecule has 3 fully saturated rings. The number of fused-ring (bicyclic) bond motifs is 5. The van der Waals surface area contributed by atoms with E-state index in [1.54, 1.807) is 6.92 Å². The molecule has 144 valence electrons. The van der Waals surface area contributed by atoms with Gasteiger partial charge < -0.3 is 15.3 Å². The summed E-state index contributed by atoms with van der Waals surface area (Å²) in [6.07, 6.45) is -2.28. The summed E-state index contributed by atoms with van der Waals surface area (Å²) in [4.78, 5) is 24.6. The van der Waals surface area contributed by atoms with E-state index in [0.29, 0.717) is 24.8 Å². The van der Waals surface area contributed by atoms with E-state index in [4.69, 9.17) is 4.11 Å². The quantitative estimate of drug-likeness (QED) is 0.706. The summed E-state index contributed by atoms with van der Waals surface area (Å²) in [5.41, 5.74) is -2.11. The van der Waals surface area contributed by atoms with Gasteiger partial charge in [-0.15, -0.1) is 0 Å². The number of aliphatic hydroxyl groups excluding tert-OH is 2. The number of hydrogen-bond acceptors (Lipinski definition) is 5. The van der Waals surface area contributed by atoms with E-state index in [1.165, 1.54) is 6.08 Å². The lowest BCUT2D eigenvalue weighted by Crippen LogP contribution is -2.59. The first-order valence-corrected chi connectivity index (χ1v) is 9.57. The van der Waals surface area contributed by atoms with Crippen LogP contribution in [-0.2, 0) is 9.59 Å². The molecule has 0 aliphatic heterocycles. The topological polar surface area (TPSA) is 94.8 Å². The van der Waals surface area contributed by atoms with Crippen LogP contribution in [0.1, 0.15) is 57.3 Å². The number of ketones is 2. The van der Waals surface area contributed by atoms with Crippen LogP contribution >= 0.6 is 0 Å². The lowest BCUT2D eigenvalue weighted by atomic mass is 9.45. The van der Waals surface area contributed by atoms with Crippen LogP contribution < -0.4 is 0 Å². The predicted molar refractivity (Wildman–Crippen MR) is 95.1 cm³/mol. The number of carbonyl (C=O) groups excluding carboxylic acids is 2. The van der Waals surface area contributed by atoms with E-state index >= 15 is 0 Å². The number of rotatable bonds is 3. The third-order valence-corrected chi connectivity index (χ3v) is 7.55. The molecule has 0 radical (unpaired) electrons. The zero-order valence-electron chi connectivity index (χ0n) is 19.1. The van der Waals surface area contributed by atoms with Crippen LogP contribution in [-0.4, -0.2) is 46.2 Å².